The molecule has 0 spiro atoms. The molecule has 0 aliphatic rings. The highest BCUT2D eigenvalue weighted by Gasteiger charge is 2.21. The molecule has 2 aromatic carbocycles. The van der Waals surface area contributed by atoms with Gasteiger partial charge in [-0.3, -0.25) is 14.5 Å². The summed E-state index contributed by atoms with van der Waals surface area (Å²) in [6.07, 6.45) is 0. The number of carbonyl (C=O) groups excluding carboxylic acids is 2. The lowest BCUT2D eigenvalue weighted by atomic mass is 10.2. The summed E-state index contributed by atoms with van der Waals surface area (Å²) in [5, 5.41) is 6.00. The minimum Gasteiger partial charge on any atom is -0.338 e. The van der Waals surface area contributed by atoms with Crippen LogP contribution < -0.4 is 10.6 Å². The van der Waals surface area contributed by atoms with Crippen LogP contribution >= 0.6 is 11.8 Å². The standard InChI is InChI=1S/C20H19N5O2S/c1-3-21-19(27)24-18(26)12(2)28-20-23-14-9-5-4-8-13(14)17-22-15-10-6-7-11-16(15)25(17)20/h4-12H,3H2,1-2H3,(H2,21,24,26,27)/t12-/m1/s1. The van der Waals surface area contributed by atoms with E-state index in [2.05, 4.69) is 10.6 Å². The molecule has 2 aromatic heterocycles. The fourth-order valence-electron chi connectivity index (χ4n) is 3.02. The molecule has 4 aromatic rings. The maximum atomic E-state index is 12.4. The van der Waals surface area contributed by atoms with E-state index in [1.807, 2.05) is 52.9 Å². The summed E-state index contributed by atoms with van der Waals surface area (Å²) in [4.78, 5) is 33.6. The molecule has 8 heteroatoms. The Balaban J connectivity index is 1.79. The number of aromatic nitrogens is 3. The lowest BCUT2D eigenvalue weighted by molar-refractivity contribution is -0.119. The summed E-state index contributed by atoms with van der Waals surface area (Å²) in [5.74, 6) is -0.372. The SMILES string of the molecule is CCNC(=O)NC(=O)[C@@H](C)Sc1nc2ccccc2c2nc3ccccc3n12. The lowest BCUT2D eigenvalue weighted by Gasteiger charge is -2.13. The van der Waals surface area contributed by atoms with E-state index >= 15 is 0 Å². The highest BCUT2D eigenvalue weighted by Crippen LogP contribution is 2.30. The van der Waals surface area contributed by atoms with Crippen molar-refractivity contribution in [3.8, 4) is 0 Å². The Morgan fingerprint density at radius 2 is 1.79 bits per heavy atom. The number of imidazole rings is 1. The molecule has 2 N–H and O–H groups in total. The zero-order valence-corrected chi connectivity index (χ0v) is 16.3. The predicted molar refractivity (Wildman–Crippen MR) is 111 cm³/mol. The fourth-order valence-corrected chi connectivity index (χ4v) is 3.95. The van der Waals surface area contributed by atoms with Gasteiger partial charge in [-0.05, 0) is 38.1 Å². The van der Waals surface area contributed by atoms with E-state index in [0.29, 0.717) is 11.7 Å². The number of urea groups is 1. The third-order valence-corrected chi connectivity index (χ3v) is 5.39. The number of benzene rings is 2. The first-order valence-corrected chi connectivity index (χ1v) is 9.87. The number of hydrogen-bond donors (Lipinski definition) is 2. The second-order valence-corrected chi connectivity index (χ2v) is 7.59. The van der Waals surface area contributed by atoms with Gasteiger partial charge in [0.25, 0.3) is 0 Å². The zero-order chi connectivity index (χ0) is 19.7. The second-order valence-electron chi connectivity index (χ2n) is 6.28. The number of carbonyl (C=O) groups is 2. The highest BCUT2D eigenvalue weighted by atomic mass is 32.2. The summed E-state index contributed by atoms with van der Waals surface area (Å²) in [5.41, 5.74) is 3.39. The van der Waals surface area contributed by atoms with E-state index in [9.17, 15) is 9.59 Å². The molecule has 0 aliphatic heterocycles. The third kappa shape index (κ3) is 3.27. The normalized spacial score (nSPS) is 12.4. The van der Waals surface area contributed by atoms with Crippen LogP contribution in [0.2, 0.25) is 0 Å². The summed E-state index contributed by atoms with van der Waals surface area (Å²) >= 11 is 1.30. The number of para-hydroxylation sites is 3. The third-order valence-electron chi connectivity index (χ3n) is 4.34. The lowest BCUT2D eigenvalue weighted by Crippen LogP contribution is -2.42. The Bertz CT molecular complexity index is 1200. The van der Waals surface area contributed by atoms with Gasteiger partial charge in [0, 0.05) is 11.9 Å². The van der Waals surface area contributed by atoms with Gasteiger partial charge in [0.1, 0.15) is 5.65 Å². The first kappa shape index (κ1) is 18.2. The number of fused-ring (bicyclic) bond motifs is 5. The highest BCUT2D eigenvalue weighted by molar-refractivity contribution is 8.00. The molecule has 0 bridgehead atoms. The van der Waals surface area contributed by atoms with Crippen LogP contribution in [0, 0.1) is 0 Å². The van der Waals surface area contributed by atoms with Crippen molar-refractivity contribution in [3.63, 3.8) is 0 Å². The molecule has 0 radical (unpaired) electrons. The van der Waals surface area contributed by atoms with Crippen LogP contribution in [0.1, 0.15) is 13.8 Å². The van der Waals surface area contributed by atoms with Gasteiger partial charge in [-0.2, -0.15) is 0 Å². The van der Waals surface area contributed by atoms with E-state index in [4.69, 9.17) is 9.97 Å². The van der Waals surface area contributed by atoms with Gasteiger partial charge in [-0.1, -0.05) is 36.0 Å². The predicted octanol–water partition coefficient (Wildman–Crippen LogP) is 3.36. The number of nitrogens with one attached hydrogen (secondary N) is 2. The van der Waals surface area contributed by atoms with Crippen LogP contribution in [0.15, 0.2) is 53.7 Å². The second kappa shape index (κ2) is 7.47. The molecular formula is C20H19N5O2S. The number of hydrogen-bond acceptors (Lipinski definition) is 5. The molecule has 0 aliphatic carbocycles. The fraction of sp³-hybridized carbons (Fsp3) is 0.200. The van der Waals surface area contributed by atoms with Gasteiger partial charge < -0.3 is 5.32 Å². The molecule has 0 unspecified atom stereocenters. The van der Waals surface area contributed by atoms with E-state index < -0.39 is 11.3 Å². The summed E-state index contributed by atoms with van der Waals surface area (Å²) in [7, 11) is 0. The number of nitrogens with zero attached hydrogens (tertiary/aromatic N) is 3. The van der Waals surface area contributed by atoms with Gasteiger partial charge in [-0.25, -0.2) is 14.8 Å². The van der Waals surface area contributed by atoms with Crippen molar-refractivity contribution < 1.29 is 9.59 Å². The maximum absolute atomic E-state index is 12.4. The summed E-state index contributed by atoms with van der Waals surface area (Å²) in [6, 6.07) is 15.1. The van der Waals surface area contributed by atoms with Gasteiger partial charge in [0.15, 0.2) is 5.16 Å². The number of imide groups is 1. The largest absolute Gasteiger partial charge is 0.338 e. The Morgan fingerprint density at radius 3 is 2.57 bits per heavy atom. The molecule has 28 heavy (non-hydrogen) atoms. The van der Waals surface area contributed by atoms with Crippen molar-refractivity contribution in [2.24, 2.45) is 0 Å². The van der Waals surface area contributed by atoms with Gasteiger partial charge in [-0.15, -0.1) is 0 Å². The molecule has 0 saturated carbocycles. The number of amides is 3. The Hall–Kier alpha value is -3.13. The van der Waals surface area contributed by atoms with Crippen molar-refractivity contribution >= 4 is 51.3 Å². The molecule has 1 atom stereocenters. The topological polar surface area (TPSA) is 88.4 Å². The van der Waals surface area contributed by atoms with Crippen molar-refractivity contribution in [3.05, 3.63) is 48.5 Å². The van der Waals surface area contributed by atoms with Crippen molar-refractivity contribution in [1.82, 2.24) is 25.0 Å². The Labute approximate surface area is 165 Å². The van der Waals surface area contributed by atoms with Crippen LogP contribution in [0.3, 0.4) is 0 Å². The van der Waals surface area contributed by atoms with Crippen molar-refractivity contribution in [2.75, 3.05) is 6.54 Å². The monoisotopic (exact) mass is 393 g/mol. The molecule has 0 fully saturated rings. The van der Waals surface area contributed by atoms with Gasteiger partial charge in [0.05, 0.1) is 21.8 Å². The van der Waals surface area contributed by atoms with Crippen molar-refractivity contribution in [2.45, 2.75) is 24.3 Å². The molecule has 2 heterocycles. The van der Waals surface area contributed by atoms with Crippen LogP contribution in [-0.4, -0.2) is 38.1 Å². The average molecular weight is 393 g/mol. The van der Waals surface area contributed by atoms with Crippen LogP contribution in [0.4, 0.5) is 4.79 Å². The zero-order valence-electron chi connectivity index (χ0n) is 15.5. The number of thioether (sulfide) groups is 1. The van der Waals surface area contributed by atoms with Crippen LogP contribution in [0.25, 0.3) is 27.6 Å². The molecule has 4 rings (SSSR count). The van der Waals surface area contributed by atoms with E-state index in [1.165, 1.54) is 11.8 Å². The molecule has 0 saturated heterocycles. The number of rotatable bonds is 4. The van der Waals surface area contributed by atoms with E-state index in [-0.39, 0.29) is 5.91 Å². The van der Waals surface area contributed by atoms with Gasteiger partial charge >= 0.3 is 6.03 Å². The molecule has 3 amide bonds. The molecular weight excluding hydrogens is 374 g/mol. The Morgan fingerprint density at radius 1 is 1.07 bits per heavy atom. The summed E-state index contributed by atoms with van der Waals surface area (Å²) < 4.78 is 1.97. The first-order chi connectivity index (χ1) is 13.6. The van der Waals surface area contributed by atoms with Crippen LogP contribution in [0.5, 0.6) is 0 Å². The quantitative estimate of drug-likeness (QED) is 0.410. The van der Waals surface area contributed by atoms with E-state index in [0.717, 1.165) is 27.6 Å². The molecule has 7 nitrogen and oxygen atoms in total. The van der Waals surface area contributed by atoms with Crippen LogP contribution in [-0.2, 0) is 4.79 Å². The summed E-state index contributed by atoms with van der Waals surface area (Å²) in [6.45, 7) is 4.00. The minimum atomic E-state index is -0.513. The van der Waals surface area contributed by atoms with Crippen molar-refractivity contribution in [1.29, 1.82) is 0 Å². The maximum Gasteiger partial charge on any atom is 0.321 e. The Kier molecular flexibility index (Phi) is 4.87. The molecule has 142 valence electrons. The van der Waals surface area contributed by atoms with E-state index in [1.54, 1.807) is 13.8 Å². The minimum absolute atomic E-state index is 0.372. The first-order valence-electron chi connectivity index (χ1n) is 8.99. The smallest absolute Gasteiger partial charge is 0.321 e. The average Bonchev–Trinajstić information content (AvgIpc) is 3.08. The van der Waals surface area contributed by atoms with Gasteiger partial charge in [0.2, 0.25) is 5.91 Å².